The number of para-hydroxylation sites is 1. The smallest absolute Gasteiger partial charge is 0.345 e. The number of ether oxygens (including phenoxy) is 2. The summed E-state index contributed by atoms with van der Waals surface area (Å²) < 4.78 is 11.7. The lowest BCUT2D eigenvalue weighted by atomic mass is 10.1. The SMILES string of the molecule is Cc1cc(C)cc(O[C@@H](Cc2cc(Cl)ccc2Oc2ccccc2)C(=O)O)c1. The molecule has 5 heteroatoms. The van der Waals surface area contributed by atoms with Crippen molar-refractivity contribution in [2.45, 2.75) is 26.4 Å². The first-order valence-corrected chi connectivity index (χ1v) is 9.27. The van der Waals surface area contributed by atoms with Gasteiger partial charge in [-0.15, -0.1) is 0 Å². The normalized spacial score (nSPS) is 11.7. The molecule has 0 aromatic heterocycles. The number of aryl methyl sites for hydroxylation is 2. The van der Waals surface area contributed by atoms with Crippen LogP contribution >= 0.6 is 11.6 Å². The number of benzene rings is 3. The Bertz CT molecular complexity index is 949. The molecule has 3 rings (SSSR count). The second kappa shape index (κ2) is 8.81. The van der Waals surface area contributed by atoms with E-state index in [0.717, 1.165) is 11.1 Å². The number of carboxylic acid groups (broad SMARTS) is 1. The van der Waals surface area contributed by atoms with Crippen LogP contribution in [0.2, 0.25) is 5.02 Å². The van der Waals surface area contributed by atoms with E-state index in [2.05, 4.69) is 0 Å². The minimum absolute atomic E-state index is 0.116. The lowest BCUT2D eigenvalue weighted by molar-refractivity contribution is -0.145. The van der Waals surface area contributed by atoms with E-state index in [4.69, 9.17) is 21.1 Å². The highest BCUT2D eigenvalue weighted by atomic mass is 35.5. The van der Waals surface area contributed by atoms with Crippen molar-refractivity contribution >= 4 is 17.6 Å². The van der Waals surface area contributed by atoms with E-state index in [9.17, 15) is 9.90 Å². The van der Waals surface area contributed by atoms with Gasteiger partial charge in [0.25, 0.3) is 0 Å². The number of hydrogen-bond acceptors (Lipinski definition) is 3. The largest absolute Gasteiger partial charge is 0.478 e. The van der Waals surface area contributed by atoms with Crippen LogP contribution in [0, 0.1) is 13.8 Å². The van der Waals surface area contributed by atoms with Crippen LogP contribution in [0.4, 0.5) is 0 Å². The molecule has 1 N–H and O–H groups in total. The van der Waals surface area contributed by atoms with Gasteiger partial charge in [0.05, 0.1) is 0 Å². The molecule has 0 radical (unpaired) electrons. The number of aliphatic carboxylic acids is 1. The number of hydrogen-bond donors (Lipinski definition) is 1. The van der Waals surface area contributed by atoms with Crippen LogP contribution in [0.15, 0.2) is 66.7 Å². The minimum atomic E-state index is -1.07. The van der Waals surface area contributed by atoms with Gasteiger partial charge in [-0.1, -0.05) is 35.9 Å². The summed E-state index contributed by atoms with van der Waals surface area (Å²) in [6.45, 7) is 3.89. The summed E-state index contributed by atoms with van der Waals surface area (Å²) in [5.41, 5.74) is 2.68. The fourth-order valence-corrected chi connectivity index (χ4v) is 3.16. The summed E-state index contributed by atoms with van der Waals surface area (Å²) in [4.78, 5) is 11.8. The second-order valence-electron chi connectivity index (χ2n) is 6.64. The molecular weight excluding hydrogens is 376 g/mol. The second-order valence-corrected chi connectivity index (χ2v) is 7.08. The first-order chi connectivity index (χ1) is 13.4. The van der Waals surface area contributed by atoms with E-state index >= 15 is 0 Å². The van der Waals surface area contributed by atoms with Crippen molar-refractivity contribution in [1.82, 2.24) is 0 Å². The zero-order valence-corrected chi connectivity index (χ0v) is 16.4. The third kappa shape index (κ3) is 5.27. The van der Waals surface area contributed by atoms with E-state index in [1.54, 1.807) is 18.2 Å². The Balaban J connectivity index is 1.86. The van der Waals surface area contributed by atoms with Crippen LogP contribution in [0.5, 0.6) is 17.2 Å². The number of carbonyl (C=O) groups is 1. The van der Waals surface area contributed by atoms with Gasteiger partial charge < -0.3 is 14.6 Å². The highest BCUT2D eigenvalue weighted by Gasteiger charge is 2.23. The Morgan fingerprint density at radius 1 is 0.964 bits per heavy atom. The Hall–Kier alpha value is -2.98. The van der Waals surface area contributed by atoms with Crippen molar-refractivity contribution < 1.29 is 19.4 Å². The Morgan fingerprint density at radius 2 is 1.64 bits per heavy atom. The molecule has 0 heterocycles. The zero-order valence-electron chi connectivity index (χ0n) is 15.7. The van der Waals surface area contributed by atoms with Crippen LogP contribution in [0.3, 0.4) is 0 Å². The van der Waals surface area contributed by atoms with E-state index in [1.165, 1.54) is 0 Å². The number of halogens is 1. The molecule has 0 saturated carbocycles. The van der Waals surface area contributed by atoms with Crippen LogP contribution in [0.1, 0.15) is 16.7 Å². The van der Waals surface area contributed by atoms with Gasteiger partial charge in [-0.2, -0.15) is 0 Å². The molecule has 3 aromatic rings. The molecule has 0 aliphatic heterocycles. The molecule has 3 aromatic carbocycles. The monoisotopic (exact) mass is 396 g/mol. The average Bonchev–Trinajstić information content (AvgIpc) is 2.63. The van der Waals surface area contributed by atoms with Crippen molar-refractivity contribution in [2.24, 2.45) is 0 Å². The fraction of sp³-hybridized carbons (Fsp3) is 0.174. The van der Waals surface area contributed by atoms with Crippen molar-refractivity contribution in [2.75, 3.05) is 0 Å². The predicted molar refractivity (Wildman–Crippen MR) is 110 cm³/mol. The first kappa shape index (κ1) is 19.8. The molecule has 28 heavy (non-hydrogen) atoms. The molecule has 0 spiro atoms. The van der Waals surface area contributed by atoms with Crippen LogP contribution in [-0.4, -0.2) is 17.2 Å². The highest BCUT2D eigenvalue weighted by Crippen LogP contribution is 2.30. The van der Waals surface area contributed by atoms with Gasteiger partial charge in [-0.25, -0.2) is 4.79 Å². The van der Waals surface area contributed by atoms with Gasteiger partial charge in [0.15, 0.2) is 6.10 Å². The van der Waals surface area contributed by atoms with Crippen molar-refractivity contribution in [3.05, 3.63) is 88.4 Å². The lowest BCUT2D eigenvalue weighted by Crippen LogP contribution is -2.29. The molecular formula is C23H21ClO4. The molecule has 144 valence electrons. The van der Waals surface area contributed by atoms with Crippen LogP contribution in [-0.2, 0) is 11.2 Å². The molecule has 0 aliphatic rings. The van der Waals surface area contributed by atoms with Gasteiger partial charge in [0.2, 0.25) is 0 Å². The van der Waals surface area contributed by atoms with Gasteiger partial charge in [-0.05, 0) is 67.4 Å². The molecule has 0 aliphatic carbocycles. The van der Waals surface area contributed by atoms with Crippen LogP contribution in [0.25, 0.3) is 0 Å². The van der Waals surface area contributed by atoms with Gasteiger partial charge >= 0.3 is 5.97 Å². The van der Waals surface area contributed by atoms with Gasteiger partial charge in [-0.3, -0.25) is 0 Å². The maximum atomic E-state index is 11.8. The van der Waals surface area contributed by atoms with Crippen molar-refractivity contribution in [1.29, 1.82) is 0 Å². The maximum Gasteiger partial charge on any atom is 0.345 e. The summed E-state index contributed by atoms with van der Waals surface area (Å²) in [6, 6.07) is 20.1. The molecule has 0 saturated heterocycles. The third-order valence-corrected chi connectivity index (χ3v) is 4.38. The lowest BCUT2D eigenvalue weighted by Gasteiger charge is -2.18. The predicted octanol–water partition coefficient (Wildman–Crippen LogP) is 5.82. The first-order valence-electron chi connectivity index (χ1n) is 8.90. The Morgan fingerprint density at radius 3 is 2.29 bits per heavy atom. The summed E-state index contributed by atoms with van der Waals surface area (Å²) in [5, 5.41) is 10.2. The van der Waals surface area contributed by atoms with E-state index in [-0.39, 0.29) is 6.42 Å². The highest BCUT2D eigenvalue weighted by molar-refractivity contribution is 6.30. The van der Waals surface area contributed by atoms with E-state index < -0.39 is 12.1 Å². The molecule has 0 fully saturated rings. The fourth-order valence-electron chi connectivity index (χ4n) is 2.97. The zero-order chi connectivity index (χ0) is 20.1. The van der Waals surface area contributed by atoms with Crippen molar-refractivity contribution in [3.63, 3.8) is 0 Å². The molecule has 0 bridgehead atoms. The standard InChI is InChI=1S/C23H21ClO4/c1-15-10-16(2)12-20(11-15)28-22(23(25)26)14-17-13-18(24)8-9-21(17)27-19-6-4-3-5-7-19/h3-13,22H,14H2,1-2H3,(H,25,26)/t22-/m0/s1. The molecule has 1 atom stereocenters. The minimum Gasteiger partial charge on any atom is -0.478 e. The quantitative estimate of drug-likeness (QED) is 0.546. The van der Waals surface area contributed by atoms with Gasteiger partial charge in [0.1, 0.15) is 17.2 Å². The maximum absolute atomic E-state index is 11.8. The molecule has 0 amide bonds. The topological polar surface area (TPSA) is 55.8 Å². The Kier molecular flexibility index (Phi) is 6.22. The van der Waals surface area contributed by atoms with Crippen molar-refractivity contribution in [3.8, 4) is 17.2 Å². The summed E-state index contributed by atoms with van der Waals surface area (Å²) in [6.07, 6.45) is -0.955. The summed E-state index contributed by atoms with van der Waals surface area (Å²) >= 11 is 6.14. The van der Waals surface area contributed by atoms with E-state index in [1.807, 2.05) is 62.4 Å². The Labute approximate surface area is 169 Å². The van der Waals surface area contributed by atoms with Crippen LogP contribution < -0.4 is 9.47 Å². The van der Waals surface area contributed by atoms with Gasteiger partial charge in [0, 0.05) is 17.0 Å². The summed E-state index contributed by atoms with van der Waals surface area (Å²) in [5.74, 6) is 0.682. The van der Waals surface area contributed by atoms with E-state index in [0.29, 0.717) is 27.8 Å². The molecule has 0 unspecified atom stereocenters. The average molecular weight is 397 g/mol. The number of carboxylic acids is 1. The number of rotatable bonds is 7. The molecule has 4 nitrogen and oxygen atoms in total. The third-order valence-electron chi connectivity index (χ3n) is 4.15. The summed E-state index contributed by atoms with van der Waals surface area (Å²) in [7, 11) is 0.